The molecule has 25 heavy (non-hydrogen) atoms. The van der Waals surface area contributed by atoms with Gasteiger partial charge in [-0.15, -0.1) is 0 Å². The number of halogens is 3. The monoisotopic (exact) mass is 354 g/mol. The van der Waals surface area contributed by atoms with Crippen LogP contribution in [-0.4, -0.2) is 36.3 Å². The quantitative estimate of drug-likeness (QED) is 0.872. The maximum atomic E-state index is 12.7. The zero-order chi connectivity index (χ0) is 17.7. The Kier molecular flexibility index (Phi) is 4.09. The first-order chi connectivity index (χ1) is 11.8. The maximum Gasteiger partial charge on any atom is 0.391 e. The van der Waals surface area contributed by atoms with Crippen molar-refractivity contribution >= 4 is 11.5 Å². The molecule has 2 heterocycles. The Balaban J connectivity index is 1.27. The van der Waals surface area contributed by atoms with Crippen molar-refractivity contribution in [2.45, 2.75) is 56.8 Å². The van der Waals surface area contributed by atoms with Crippen LogP contribution in [0.25, 0.3) is 0 Å². The van der Waals surface area contributed by atoms with Crippen LogP contribution < -0.4 is 16.0 Å². The number of aromatic nitrogens is 1. The van der Waals surface area contributed by atoms with Gasteiger partial charge in [0.2, 0.25) is 0 Å². The Bertz CT molecular complexity index is 594. The van der Waals surface area contributed by atoms with E-state index in [0.29, 0.717) is 30.6 Å². The summed E-state index contributed by atoms with van der Waals surface area (Å²) in [6.45, 7) is 0.824. The molecule has 3 aliphatic rings. The SMILES string of the molecule is NC1CC2(C1)CC(Nc1ccc(N3CCC(C(F)(F)F)CC3)nc1)C2. The van der Waals surface area contributed by atoms with Gasteiger partial charge in [0, 0.05) is 25.2 Å². The molecule has 3 fully saturated rings. The van der Waals surface area contributed by atoms with Crippen LogP contribution in [0.5, 0.6) is 0 Å². The Labute approximate surface area is 146 Å². The highest BCUT2D eigenvalue weighted by Crippen LogP contribution is 2.55. The molecule has 0 aromatic carbocycles. The van der Waals surface area contributed by atoms with Crippen molar-refractivity contribution in [1.29, 1.82) is 0 Å². The van der Waals surface area contributed by atoms with Crippen molar-refractivity contribution < 1.29 is 13.2 Å². The number of nitrogens with one attached hydrogen (secondary N) is 1. The van der Waals surface area contributed by atoms with Gasteiger partial charge >= 0.3 is 6.18 Å². The Hall–Kier alpha value is -1.50. The molecule has 2 aliphatic carbocycles. The number of rotatable bonds is 3. The predicted molar refractivity (Wildman–Crippen MR) is 91.5 cm³/mol. The number of alkyl halides is 3. The lowest BCUT2D eigenvalue weighted by Gasteiger charge is -2.57. The van der Waals surface area contributed by atoms with Crippen LogP contribution in [0, 0.1) is 11.3 Å². The molecule has 1 spiro atoms. The summed E-state index contributed by atoms with van der Waals surface area (Å²) in [5, 5.41) is 3.50. The van der Waals surface area contributed by atoms with Gasteiger partial charge in [-0.05, 0) is 56.1 Å². The highest BCUT2D eigenvalue weighted by molar-refractivity contribution is 5.49. The van der Waals surface area contributed by atoms with E-state index < -0.39 is 12.1 Å². The van der Waals surface area contributed by atoms with E-state index in [-0.39, 0.29) is 12.8 Å². The van der Waals surface area contributed by atoms with Crippen LogP contribution in [0.2, 0.25) is 0 Å². The summed E-state index contributed by atoms with van der Waals surface area (Å²) in [6, 6.07) is 4.77. The van der Waals surface area contributed by atoms with Crippen molar-refractivity contribution in [2.75, 3.05) is 23.3 Å². The molecule has 1 aromatic rings. The standard InChI is InChI=1S/C18H25F3N4/c19-18(20,21)12-3-5-25(6-4-12)16-2-1-14(11-23-16)24-15-9-17(10-15)7-13(22)8-17/h1-2,11-13,15,24H,3-10,22H2. The molecule has 0 radical (unpaired) electrons. The van der Waals surface area contributed by atoms with E-state index in [1.807, 2.05) is 17.0 Å². The first kappa shape index (κ1) is 16.9. The molecule has 1 aliphatic heterocycles. The van der Waals surface area contributed by atoms with Gasteiger partial charge in [-0.25, -0.2) is 4.98 Å². The molecule has 4 rings (SSSR count). The molecule has 7 heteroatoms. The third-order valence-electron chi connectivity index (χ3n) is 6.15. The fourth-order valence-corrected chi connectivity index (χ4v) is 4.80. The number of piperidine rings is 1. The number of hydrogen-bond donors (Lipinski definition) is 2. The molecule has 138 valence electrons. The lowest BCUT2D eigenvalue weighted by Crippen LogP contribution is -2.57. The zero-order valence-corrected chi connectivity index (χ0v) is 14.2. The van der Waals surface area contributed by atoms with Gasteiger partial charge < -0.3 is 16.0 Å². The van der Waals surface area contributed by atoms with E-state index >= 15 is 0 Å². The molecule has 0 amide bonds. The van der Waals surface area contributed by atoms with Crippen molar-refractivity contribution in [1.82, 2.24) is 4.98 Å². The molecule has 0 bridgehead atoms. The summed E-state index contributed by atoms with van der Waals surface area (Å²) in [4.78, 5) is 6.39. The highest BCUT2D eigenvalue weighted by Gasteiger charge is 2.51. The summed E-state index contributed by atoms with van der Waals surface area (Å²) in [5.41, 5.74) is 7.36. The van der Waals surface area contributed by atoms with E-state index in [4.69, 9.17) is 5.73 Å². The fraction of sp³-hybridized carbons (Fsp3) is 0.722. The lowest BCUT2D eigenvalue weighted by atomic mass is 9.52. The number of pyridine rings is 1. The van der Waals surface area contributed by atoms with Gasteiger partial charge in [-0.2, -0.15) is 13.2 Å². The van der Waals surface area contributed by atoms with Gasteiger partial charge in [0.15, 0.2) is 0 Å². The first-order valence-electron chi connectivity index (χ1n) is 9.13. The minimum absolute atomic E-state index is 0.150. The molecule has 1 saturated heterocycles. The highest BCUT2D eigenvalue weighted by atomic mass is 19.4. The third kappa shape index (κ3) is 3.43. The summed E-state index contributed by atoms with van der Waals surface area (Å²) < 4.78 is 38.2. The molecule has 3 N–H and O–H groups in total. The average Bonchev–Trinajstić information content (AvgIpc) is 2.51. The Morgan fingerprint density at radius 3 is 2.32 bits per heavy atom. The summed E-state index contributed by atoms with van der Waals surface area (Å²) >= 11 is 0. The molecule has 0 unspecified atom stereocenters. The van der Waals surface area contributed by atoms with Gasteiger partial charge in [-0.3, -0.25) is 0 Å². The molecule has 0 atom stereocenters. The zero-order valence-electron chi connectivity index (χ0n) is 14.2. The van der Waals surface area contributed by atoms with Crippen molar-refractivity contribution in [2.24, 2.45) is 17.1 Å². The molecule has 4 nitrogen and oxygen atoms in total. The van der Waals surface area contributed by atoms with Crippen LogP contribution in [0.3, 0.4) is 0 Å². The van der Waals surface area contributed by atoms with E-state index in [1.165, 1.54) is 12.8 Å². The van der Waals surface area contributed by atoms with Crippen LogP contribution >= 0.6 is 0 Å². The Morgan fingerprint density at radius 2 is 1.80 bits per heavy atom. The van der Waals surface area contributed by atoms with Crippen LogP contribution in [0.4, 0.5) is 24.7 Å². The van der Waals surface area contributed by atoms with E-state index in [0.717, 1.165) is 24.3 Å². The van der Waals surface area contributed by atoms with Gasteiger partial charge in [0.1, 0.15) is 5.82 Å². The second kappa shape index (κ2) is 6.04. The lowest BCUT2D eigenvalue weighted by molar-refractivity contribution is -0.179. The van der Waals surface area contributed by atoms with Crippen LogP contribution in [0.15, 0.2) is 18.3 Å². The van der Waals surface area contributed by atoms with Crippen LogP contribution in [0.1, 0.15) is 38.5 Å². The molecule has 1 aromatic heterocycles. The molecular formula is C18H25F3N4. The first-order valence-corrected chi connectivity index (χ1v) is 9.13. The van der Waals surface area contributed by atoms with Crippen molar-refractivity contribution in [3.8, 4) is 0 Å². The second-order valence-corrected chi connectivity index (χ2v) is 8.13. The number of hydrogen-bond acceptors (Lipinski definition) is 4. The number of nitrogens with zero attached hydrogens (tertiary/aromatic N) is 2. The van der Waals surface area contributed by atoms with Crippen molar-refractivity contribution in [3.63, 3.8) is 0 Å². The largest absolute Gasteiger partial charge is 0.391 e. The summed E-state index contributed by atoms with van der Waals surface area (Å²) in [6.07, 6.45) is 2.67. The summed E-state index contributed by atoms with van der Waals surface area (Å²) in [5.74, 6) is -0.406. The topological polar surface area (TPSA) is 54.2 Å². The second-order valence-electron chi connectivity index (χ2n) is 8.13. The number of anilines is 2. The van der Waals surface area contributed by atoms with Gasteiger partial charge in [0.25, 0.3) is 0 Å². The van der Waals surface area contributed by atoms with Gasteiger partial charge in [-0.1, -0.05) is 0 Å². The van der Waals surface area contributed by atoms with Gasteiger partial charge in [0.05, 0.1) is 17.8 Å². The van der Waals surface area contributed by atoms with E-state index in [2.05, 4.69) is 10.3 Å². The van der Waals surface area contributed by atoms with Crippen molar-refractivity contribution in [3.05, 3.63) is 18.3 Å². The summed E-state index contributed by atoms with van der Waals surface area (Å²) in [7, 11) is 0. The molecular weight excluding hydrogens is 329 g/mol. The third-order valence-corrected chi connectivity index (χ3v) is 6.15. The predicted octanol–water partition coefficient (Wildman–Crippen LogP) is 3.54. The maximum absolute atomic E-state index is 12.7. The average molecular weight is 354 g/mol. The van der Waals surface area contributed by atoms with E-state index in [1.54, 1.807) is 6.20 Å². The minimum Gasteiger partial charge on any atom is -0.381 e. The molecule has 2 saturated carbocycles. The normalized spacial score (nSPS) is 33.0. The smallest absolute Gasteiger partial charge is 0.381 e. The van der Waals surface area contributed by atoms with Crippen LogP contribution in [-0.2, 0) is 0 Å². The minimum atomic E-state index is -4.07. The number of nitrogens with two attached hydrogens (primary N) is 1. The Morgan fingerprint density at radius 1 is 1.12 bits per heavy atom. The fourth-order valence-electron chi connectivity index (χ4n) is 4.80. The van der Waals surface area contributed by atoms with E-state index in [9.17, 15) is 13.2 Å².